The third-order valence-corrected chi connectivity index (χ3v) is 4.05. The molecule has 0 radical (unpaired) electrons. The van der Waals surface area contributed by atoms with Gasteiger partial charge >= 0.3 is 0 Å². The number of hydrogen-bond donors (Lipinski definition) is 2. The normalized spacial score (nSPS) is 22.1. The molecule has 1 aromatic rings. The minimum Gasteiger partial charge on any atom is -0.391 e. The Kier molecular flexibility index (Phi) is 3.46. The Labute approximate surface area is 108 Å². The number of nitrogens with zero attached hydrogens (tertiary/aromatic N) is 2. The quantitative estimate of drug-likeness (QED) is 0.838. The number of aliphatic hydroxyl groups is 1. The molecule has 2 saturated carbocycles. The van der Waals surface area contributed by atoms with Crippen LogP contribution in [-0.2, 0) is 0 Å². The molecule has 2 aliphatic rings. The summed E-state index contributed by atoms with van der Waals surface area (Å²) in [6.45, 7) is 0.603. The third-order valence-electron chi connectivity index (χ3n) is 4.05. The van der Waals surface area contributed by atoms with E-state index in [4.69, 9.17) is 0 Å². The van der Waals surface area contributed by atoms with Crippen LogP contribution in [-0.4, -0.2) is 27.7 Å². The Hall–Kier alpha value is -1.16. The van der Waals surface area contributed by atoms with Gasteiger partial charge in [-0.15, -0.1) is 0 Å². The molecule has 2 fully saturated rings. The van der Waals surface area contributed by atoms with Gasteiger partial charge in [-0.3, -0.25) is 0 Å². The molecule has 0 aromatic carbocycles. The molecule has 3 rings (SSSR count). The van der Waals surface area contributed by atoms with Gasteiger partial charge < -0.3 is 10.4 Å². The smallest absolute Gasteiger partial charge is 0.133 e. The summed E-state index contributed by atoms with van der Waals surface area (Å²) in [7, 11) is 0. The van der Waals surface area contributed by atoms with Crippen molar-refractivity contribution in [2.24, 2.45) is 5.92 Å². The van der Waals surface area contributed by atoms with Crippen LogP contribution in [0.1, 0.15) is 50.3 Å². The lowest BCUT2D eigenvalue weighted by Gasteiger charge is -2.18. The van der Waals surface area contributed by atoms with Gasteiger partial charge in [-0.1, -0.05) is 12.8 Å². The Morgan fingerprint density at radius 2 is 2.06 bits per heavy atom. The molecule has 0 spiro atoms. The molecular formula is C14H21N3O. The lowest BCUT2D eigenvalue weighted by molar-refractivity contribution is 0.122. The van der Waals surface area contributed by atoms with Gasteiger partial charge in [0.25, 0.3) is 0 Å². The highest BCUT2D eigenvalue weighted by Crippen LogP contribution is 2.38. The fourth-order valence-corrected chi connectivity index (χ4v) is 2.73. The van der Waals surface area contributed by atoms with Crippen LogP contribution in [0.5, 0.6) is 0 Å². The molecule has 2 aliphatic carbocycles. The van der Waals surface area contributed by atoms with E-state index in [1.165, 1.54) is 38.5 Å². The second kappa shape index (κ2) is 5.22. The fraction of sp³-hybridized carbons (Fsp3) is 0.714. The van der Waals surface area contributed by atoms with Crippen LogP contribution in [0.25, 0.3) is 0 Å². The van der Waals surface area contributed by atoms with Crippen LogP contribution in [0.15, 0.2) is 12.3 Å². The minimum absolute atomic E-state index is 0.244. The van der Waals surface area contributed by atoms with Gasteiger partial charge in [0.15, 0.2) is 0 Å². The second-order valence-corrected chi connectivity index (χ2v) is 5.57. The van der Waals surface area contributed by atoms with Crippen molar-refractivity contribution in [1.29, 1.82) is 0 Å². The first kappa shape index (κ1) is 11.9. The zero-order valence-corrected chi connectivity index (χ0v) is 10.7. The first-order valence-corrected chi connectivity index (χ1v) is 7.08. The van der Waals surface area contributed by atoms with Gasteiger partial charge in [0.2, 0.25) is 0 Å². The highest BCUT2D eigenvalue weighted by Gasteiger charge is 2.27. The molecule has 0 amide bonds. The van der Waals surface area contributed by atoms with E-state index in [9.17, 15) is 5.11 Å². The van der Waals surface area contributed by atoms with Crippen molar-refractivity contribution in [3.8, 4) is 0 Å². The monoisotopic (exact) mass is 247 g/mol. The molecule has 0 bridgehead atoms. The molecule has 1 heterocycles. The summed E-state index contributed by atoms with van der Waals surface area (Å²) in [6, 6.07) is 1.88. The highest BCUT2D eigenvalue weighted by atomic mass is 16.3. The molecule has 4 heteroatoms. The first-order chi connectivity index (χ1) is 8.83. The topological polar surface area (TPSA) is 58.0 Å². The van der Waals surface area contributed by atoms with Gasteiger partial charge in [-0.25, -0.2) is 9.97 Å². The summed E-state index contributed by atoms with van der Waals surface area (Å²) in [5.41, 5.74) is 0. The molecule has 4 nitrogen and oxygen atoms in total. The van der Waals surface area contributed by atoms with Gasteiger partial charge in [-0.2, -0.15) is 0 Å². The maximum absolute atomic E-state index is 10.1. The van der Waals surface area contributed by atoms with Crippen molar-refractivity contribution in [1.82, 2.24) is 9.97 Å². The van der Waals surface area contributed by atoms with E-state index in [2.05, 4.69) is 15.3 Å². The van der Waals surface area contributed by atoms with Crippen molar-refractivity contribution in [3.05, 3.63) is 18.1 Å². The number of nitrogens with one attached hydrogen (secondary N) is 1. The Morgan fingerprint density at radius 3 is 2.78 bits per heavy atom. The predicted molar refractivity (Wildman–Crippen MR) is 70.5 cm³/mol. The van der Waals surface area contributed by atoms with Crippen LogP contribution in [0.4, 0.5) is 5.82 Å². The van der Waals surface area contributed by atoms with Crippen molar-refractivity contribution in [2.75, 3.05) is 11.9 Å². The van der Waals surface area contributed by atoms with Crippen LogP contribution < -0.4 is 5.32 Å². The highest BCUT2D eigenvalue weighted by molar-refractivity contribution is 5.34. The number of rotatable bonds is 5. The van der Waals surface area contributed by atoms with E-state index in [0.717, 1.165) is 11.6 Å². The Morgan fingerprint density at radius 1 is 1.28 bits per heavy atom. The SMILES string of the molecule is OC(CNc1ccnc(C2CC2)n1)C1CCCC1. The summed E-state index contributed by atoms with van der Waals surface area (Å²) in [4.78, 5) is 8.79. The summed E-state index contributed by atoms with van der Waals surface area (Å²) in [5, 5.41) is 13.3. The molecule has 1 unspecified atom stereocenters. The summed E-state index contributed by atoms with van der Waals surface area (Å²) >= 11 is 0. The van der Waals surface area contributed by atoms with Crippen molar-refractivity contribution in [3.63, 3.8) is 0 Å². The lowest BCUT2D eigenvalue weighted by atomic mass is 10.0. The van der Waals surface area contributed by atoms with E-state index in [1.807, 2.05) is 12.3 Å². The maximum Gasteiger partial charge on any atom is 0.133 e. The fourth-order valence-electron chi connectivity index (χ4n) is 2.73. The molecule has 2 N–H and O–H groups in total. The van der Waals surface area contributed by atoms with E-state index < -0.39 is 0 Å². The molecule has 1 aromatic heterocycles. The molecule has 0 aliphatic heterocycles. The molecule has 0 saturated heterocycles. The second-order valence-electron chi connectivity index (χ2n) is 5.57. The average molecular weight is 247 g/mol. The van der Waals surface area contributed by atoms with E-state index in [-0.39, 0.29) is 6.10 Å². The van der Waals surface area contributed by atoms with E-state index in [0.29, 0.717) is 18.4 Å². The van der Waals surface area contributed by atoms with Crippen LogP contribution in [0.3, 0.4) is 0 Å². The summed E-state index contributed by atoms with van der Waals surface area (Å²) < 4.78 is 0. The lowest BCUT2D eigenvalue weighted by Crippen LogP contribution is -2.27. The Bertz CT molecular complexity index is 400. The number of aliphatic hydroxyl groups excluding tert-OH is 1. The largest absolute Gasteiger partial charge is 0.391 e. The zero-order valence-electron chi connectivity index (χ0n) is 10.7. The van der Waals surface area contributed by atoms with Crippen molar-refractivity contribution >= 4 is 5.82 Å². The minimum atomic E-state index is -0.244. The van der Waals surface area contributed by atoms with Gasteiger partial charge in [-0.05, 0) is 37.7 Å². The first-order valence-electron chi connectivity index (χ1n) is 7.08. The average Bonchev–Trinajstić information content (AvgIpc) is 3.11. The van der Waals surface area contributed by atoms with E-state index >= 15 is 0 Å². The van der Waals surface area contributed by atoms with Gasteiger partial charge in [0.1, 0.15) is 11.6 Å². The standard InChI is InChI=1S/C14H21N3O/c18-12(10-3-1-2-4-10)9-16-13-7-8-15-14(17-13)11-5-6-11/h7-8,10-12,18H,1-6,9H2,(H,15,16,17). The number of aromatic nitrogens is 2. The Balaban J connectivity index is 1.53. The number of hydrogen-bond acceptors (Lipinski definition) is 4. The van der Waals surface area contributed by atoms with Crippen molar-refractivity contribution < 1.29 is 5.11 Å². The van der Waals surface area contributed by atoms with Crippen LogP contribution >= 0.6 is 0 Å². The van der Waals surface area contributed by atoms with Crippen LogP contribution in [0, 0.1) is 5.92 Å². The molecule has 1 atom stereocenters. The van der Waals surface area contributed by atoms with Crippen LogP contribution in [0.2, 0.25) is 0 Å². The van der Waals surface area contributed by atoms with E-state index in [1.54, 1.807) is 0 Å². The summed E-state index contributed by atoms with van der Waals surface area (Å²) in [5.74, 6) is 2.85. The molecular weight excluding hydrogens is 226 g/mol. The van der Waals surface area contributed by atoms with Gasteiger partial charge in [0, 0.05) is 18.7 Å². The van der Waals surface area contributed by atoms with Crippen molar-refractivity contribution in [2.45, 2.75) is 50.5 Å². The summed E-state index contributed by atoms with van der Waals surface area (Å²) in [6.07, 6.45) is 8.86. The van der Waals surface area contributed by atoms with Gasteiger partial charge in [0.05, 0.1) is 6.10 Å². The molecule has 98 valence electrons. The third kappa shape index (κ3) is 2.80. The predicted octanol–water partition coefficient (Wildman–Crippen LogP) is 2.32. The zero-order chi connectivity index (χ0) is 12.4. The molecule has 18 heavy (non-hydrogen) atoms. The maximum atomic E-state index is 10.1. The number of anilines is 1.